The number of nitro benzene ring substituents is 1. The first kappa shape index (κ1) is 18.2. The van der Waals surface area contributed by atoms with Gasteiger partial charge in [0, 0.05) is 18.3 Å². The molecule has 1 N–H and O–H groups in total. The van der Waals surface area contributed by atoms with Gasteiger partial charge in [-0.15, -0.1) is 0 Å². The number of ether oxygens (including phenoxy) is 1. The Hall–Kier alpha value is -3.16. The van der Waals surface area contributed by atoms with Crippen molar-refractivity contribution < 1.29 is 18.8 Å². The molecular formula is C17H18FN3O4. The first-order valence-corrected chi connectivity index (χ1v) is 7.57. The Kier molecular flexibility index (Phi) is 5.89. The van der Waals surface area contributed by atoms with E-state index in [1.165, 1.54) is 37.4 Å². The molecule has 0 saturated heterocycles. The summed E-state index contributed by atoms with van der Waals surface area (Å²) in [5.74, 6) is -0.539. The molecule has 2 rings (SSSR count). The molecule has 0 fully saturated rings. The Morgan fingerprint density at radius 2 is 2.08 bits per heavy atom. The predicted octanol–water partition coefficient (Wildman–Crippen LogP) is 3.21. The highest BCUT2D eigenvalue weighted by molar-refractivity contribution is 5.95. The van der Waals surface area contributed by atoms with Crippen LogP contribution in [-0.2, 0) is 4.79 Å². The van der Waals surface area contributed by atoms with E-state index in [1.54, 1.807) is 17.0 Å². The van der Waals surface area contributed by atoms with Gasteiger partial charge in [0.05, 0.1) is 30.3 Å². The number of anilines is 2. The second-order valence-corrected chi connectivity index (χ2v) is 5.18. The number of nitrogens with zero attached hydrogens (tertiary/aromatic N) is 2. The average Bonchev–Trinajstić information content (AvgIpc) is 2.59. The minimum atomic E-state index is -0.545. The van der Waals surface area contributed by atoms with Crippen molar-refractivity contribution in [3.05, 3.63) is 58.4 Å². The summed E-state index contributed by atoms with van der Waals surface area (Å²) in [4.78, 5) is 24.2. The molecule has 132 valence electrons. The van der Waals surface area contributed by atoms with E-state index in [9.17, 15) is 19.3 Å². The molecule has 0 aliphatic heterocycles. The van der Waals surface area contributed by atoms with Crippen LogP contribution in [0.2, 0.25) is 0 Å². The van der Waals surface area contributed by atoms with Gasteiger partial charge in [-0.25, -0.2) is 4.39 Å². The van der Waals surface area contributed by atoms with Crippen molar-refractivity contribution in [3.8, 4) is 5.75 Å². The van der Waals surface area contributed by atoms with Crippen molar-refractivity contribution in [3.63, 3.8) is 0 Å². The standard InChI is InChI=1S/C17H18FN3O4/c1-3-20(13-6-4-5-12(18)9-13)11-17(22)19-15-8-7-14(21(23)24)10-16(15)25-2/h4-10H,3,11H2,1-2H3,(H,19,22). The lowest BCUT2D eigenvalue weighted by Crippen LogP contribution is -2.33. The fraction of sp³-hybridized carbons (Fsp3) is 0.235. The number of rotatable bonds is 7. The van der Waals surface area contributed by atoms with Crippen LogP contribution in [0, 0.1) is 15.9 Å². The molecule has 0 heterocycles. The van der Waals surface area contributed by atoms with Crippen molar-refractivity contribution in [2.45, 2.75) is 6.92 Å². The molecule has 0 atom stereocenters. The van der Waals surface area contributed by atoms with Crippen LogP contribution in [0.25, 0.3) is 0 Å². The molecule has 0 spiro atoms. The van der Waals surface area contributed by atoms with E-state index < -0.39 is 4.92 Å². The van der Waals surface area contributed by atoms with E-state index in [4.69, 9.17) is 4.74 Å². The van der Waals surface area contributed by atoms with Gasteiger partial charge in [0.2, 0.25) is 5.91 Å². The number of methoxy groups -OCH3 is 1. The molecule has 0 aliphatic rings. The molecule has 0 bridgehead atoms. The molecule has 2 aromatic rings. The molecule has 8 heteroatoms. The molecule has 2 aromatic carbocycles. The molecule has 0 saturated carbocycles. The van der Waals surface area contributed by atoms with Crippen molar-refractivity contribution in [2.75, 3.05) is 30.4 Å². The number of hydrogen-bond donors (Lipinski definition) is 1. The van der Waals surface area contributed by atoms with E-state index >= 15 is 0 Å². The largest absolute Gasteiger partial charge is 0.494 e. The number of nitrogens with one attached hydrogen (secondary N) is 1. The van der Waals surface area contributed by atoms with Crippen molar-refractivity contribution >= 4 is 23.0 Å². The van der Waals surface area contributed by atoms with Crippen LogP contribution in [0.15, 0.2) is 42.5 Å². The van der Waals surface area contributed by atoms with Crippen molar-refractivity contribution in [1.29, 1.82) is 0 Å². The van der Waals surface area contributed by atoms with Gasteiger partial charge < -0.3 is 15.0 Å². The number of carbonyl (C=O) groups is 1. The predicted molar refractivity (Wildman–Crippen MR) is 92.6 cm³/mol. The number of benzene rings is 2. The lowest BCUT2D eigenvalue weighted by Gasteiger charge is -2.22. The first-order valence-electron chi connectivity index (χ1n) is 7.57. The number of amides is 1. The minimum absolute atomic E-state index is 0.0000944. The SMILES string of the molecule is CCN(CC(=O)Nc1ccc([N+](=O)[O-])cc1OC)c1cccc(F)c1. The Morgan fingerprint density at radius 1 is 1.32 bits per heavy atom. The summed E-state index contributed by atoms with van der Waals surface area (Å²) in [6.45, 7) is 2.36. The Labute approximate surface area is 144 Å². The number of hydrogen-bond acceptors (Lipinski definition) is 5. The normalized spacial score (nSPS) is 10.2. The summed E-state index contributed by atoms with van der Waals surface area (Å²) in [5.41, 5.74) is 0.784. The third-order valence-electron chi connectivity index (χ3n) is 3.56. The summed E-state index contributed by atoms with van der Waals surface area (Å²) >= 11 is 0. The lowest BCUT2D eigenvalue weighted by molar-refractivity contribution is -0.384. The smallest absolute Gasteiger partial charge is 0.273 e. The third-order valence-corrected chi connectivity index (χ3v) is 3.56. The van der Waals surface area contributed by atoms with Crippen LogP contribution in [0.3, 0.4) is 0 Å². The maximum atomic E-state index is 13.4. The monoisotopic (exact) mass is 347 g/mol. The zero-order valence-electron chi connectivity index (χ0n) is 13.9. The van der Waals surface area contributed by atoms with Crippen LogP contribution in [-0.4, -0.2) is 31.0 Å². The van der Waals surface area contributed by atoms with Gasteiger partial charge in [-0.1, -0.05) is 6.07 Å². The molecule has 7 nitrogen and oxygen atoms in total. The minimum Gasteiger partial charge on any atom is -0.494 e. The fourth-order valence-corrected chi connectivity index (χ4v) is 2.32. The first-order chi connectivity index (χ1) is 11.9. The number of carbonyl (C=O) groups excluding carboxylic acids is 1. The van der Waals surface area contributed by atoms with Gasteiger partial charge in [0.25, 0.3) is 5.69 Å². The van der Waals surface area contributed by atoms with Crippen LogP contribution < -0.4 is 15.0 Å². The molecular weight excluding hydrogens is 329 g/mol. The van der Waals surface area contributed by atoms with E-state index in [2.05, 4.69) is 5.32 Å². The molecule has 25 heavy (non-hydrogen) atoms. The molecule has 0 aliphatic carbocycles. The topological polar surface area (TPSA) is 84.7 Å². The van der Waals surface area contributed by atoms with E-state index in [-0.39, 0.29) is 29.7 Å². The number of likely N-dealkylation sites (N-methyl/N-ethyl adjacent to an activating group) is 1. The summed E-state index contributed by atoms with van der Waals surface area (Å²) in [6.07, 6.45) is 0. The summed E-state index contributed by atoms with van der Waals surface area (Å²) < 4.78 is 18.4. The number of nitro groups is 1. The van der Waals surface area contributed by atoms with Crippen LogP contribution in [0.5, 0.6) is 5.75 Å². The van der Waals surface area contributed by atoms with E-state index in [1.807, 2.05) is 6.92 Å². The highest BCUT2D eigenvalue weighted by atomic mass is 19.1. The van der Waals surface area contributed by atoms with Crippen LogP contribution in [0.1, 0.15) is 6.92 Å². The zero-order chi connectivity index (χ0) is 18.4. The summed E-state index contributed by atoms with van der Waals surface area (Å²) in [7, 11) is 1.36. The highest BCUT2D eigenvalue weighted by Gasteiger charge is 2.15. The average molecular weight is 347 g/mol. The second-order valence-electron chi connectivity index (χ2n) is 5.18. The van der Waals surface area contributed by atoms with Crippen LogP contribution in [0.4, 0.5) is 21.5 Å². The molecule has 0 unspecified atom stereocenters. The molecule has 0 aromatic heterocycles. The van der Waals surface area contributed by atoms with Crippen molar-refractivity contribution in [1.82, 2.24) is 0 Å². The highest BCUT2D eigenvalue weighted by Crippen LogP contribution is 2.29. The van der Waals surface area contributed by atoms with Gasteiger partial charge in [0.15, 0.2) is 0 Å². The summed E-state index contributed by atoms with van der Waals surface area (Å²) in [5, 5.41) is 13.5. The number of non-ortho nitro benzene ring substituents is 1. The van der Waals surface area contributed by atoms with Crippen LogP contribution >= 0.6 is 0 Å². The van der Waals surface area contributed by atoms with Gasteiger partial charge in [-0.05, 0) is 31.2 Å². The maximum Gasteiger partial charge on any atom is 0.273 e. The summed E-state index contributed by atoms with van der Waals surface area (Å²) in [6, 6.07) is 9.90. The fourth-order valence-electron chi connectivity index (χ4n) is 2.32. The molecule has 1 amide bonds. The third kappa shape index (κ3) is 4.66. The second kappa shape index (κ2) is 8.09. The van der Waals surface area contributed by atoms with Gasteiger partial charge in [-0.2, -0.15) is 0 Å². The van der Waals surface area contributed by atoms with Gasteiger partial charge in [0.1, 0.15) is 11.6 Å². The maximum absolute atomic E-state index is 13.4. The van der Waals surface area contributed by atoms with Gasteiger partial charge >= 0.3 is 0 Å². The quantitative estimate of drug-likeness (QED) is 0.614. The molecule has 0 radical (unpaired) electrons. The van der Waals surface area contributed by atoms with Crippen molar-refractivity contribution in [2.24, 2.45) is 0 Å². The zero-order valence-corrected chi connectivity index (χ0v) is 13.9. The van der Waals surface area contributed by atoms with E-state index in [0.29, 0.717) is 17.9 Å². The Morgan fingerprint density at radius 3 is 2.68 bits per heavy atom. The van der Waals surface area contributed by atoms with E-state index in [0.717, 1.165) is 0 Å². The Balaban J connectivity index is 2.12. The Bertz CT molecular complexity index is 782. The van der Waals surface area contributed by atoms with Gasteiger partial charge in [-0.3, -0.25) is 14.9 Å². The lowest BCUT2D eigenvalue weighted by atomic mass is 10.2. The number of halogens is 1.